The topological polar surface area (TPSA) is 77.2 Å². The molecule has 0 atom stereocenters. The van der Waals surface area contributed by atoms with Crippen LogP contribution in [0.2, 0.25) is 0 Å². The number of nitrogen functional groups attached to an aromatic ring is 1. The molecule has 1 saturated carbocycles. The molecule has 0 saturated heterocycles. The van der Waals surface area contributed by atoms with Crippen LogP contribution in [-0.2, 0) is 0 Å². The molecular formula is C13H23N5O. The number of aromatic nitrogens is 3. The van der Waals surface area contributed by atoms with Gasteiger partial charge in [-0.2, -0.15) is 15.0 Å². The maximum Gasteiger partial charge on any atom is 0.323 e. The molecule has 1 aliphatic carbocycles. The van der Waals surface area contributed by atoms with Crippen molar-refractivity contribution in [1.82, 2.24) is 15.0 Å². The molecule has 6 nitrogen and oxygen atoms in total. The Morgan fingerprint density at radius 3 is 2.63 bits per heavy atom. The van der Waals surface area contributed by atoms with Gasteiger partial charge in [-0.15, -0.1) is 0 Å². The van der Waals surface area contributed by atoms with Crippen molar-refractivity contribution in [3.63, 3.8) is 0 Å². The zero-order valence-electron chi connectivity index (χ0n) is 12.0. The predicted molar refractivity (Wildman–Crippen MR) is 75.2 cm³/mol. The van der Waals surface area contributed by atoms with Gasteiger partial charge in [-0.3, -0.25) is 0 Å². The van der Waals surface area contributed by atoms with Gasteiger partial charge in [-0.25, -0.2) is 0 Å². The van der Waals surface area contributed by atoms with Crippen molar-refractivity contribution in [1.29, 1.82) is 0 Å². The normalized spacial score (nSPS) is 14.7. The zero-order valence-corrected chi connectivity index (χ0v) is 12.0. The Kier molecular flexibility index (Phi) is 4.39. The Labute approximate surface area is 114 Å². The van der Waals surface area contributed by atoms with Gasteiger partial charge in [0.15, 0.2) is 0 Å². The van der Waals surface area contributed by atoms with Gasteiger partial charge >= 0.3 is 6.01 Å². The van der Waals surface area contributed by atoms with Crippen LogP contribution in [0.4, 0.5) is 11.9 Å². The molecule has 106 valence electrons. The van der Waals surface area contributed by atoms with Gasteiger partial charge in [0.1, 0.15) is 0 Å². The Morgan fingerprint density at radius 2 is 2.05 bits per heavy atom. The minimum atomic E-state index is 0.0257. The molecule has 0 aromatic carbocycles. The van der Waals surface area contributed by atoms with Crippen LogP contribution in [0.3, 0.4) is 0 Å². The van der Waals surface area contributed by atoms with Crippen molar-refractivity contribution in [2.24, 2.45) is 5.92 Å². The van der Waals surface area contributed by atoms with Gasteiger partial charge in [0.05, 0.1) is 6.10 Å². The molecule has 1 aliphatic rings. The SMILES string of the molecule is CCCN(CC1CC1)c1nc(N)nc(OC(C)C)n1. The molecule has 19 heavy (non-hydrogen) atoms. The number of hydrogen-bond acceptors (Lipinski definition) is 6. The van der Waals surface area contributed by atoms with Crippen LogP contribution < -0.4 is 15.4 Å². The minimum absolute atomic E-state index is 0.0257. The summed E-state index contributed by atoms with van der Waals surface area (Å²) in [6.45, 7) is 7.96. The van der Waals surface area contributed by atoms with E-state index in [0.717, 1.165) is 25.4 Å². The standard InChI is InChI=1S/C13H23N5O/c1-4-7-18(8-10-5-6-10)12-15-11(14)16-13(17-12)19-9(2)3/h9-10H,4-8H2,1-3H3,(H2,14,15,16,17). The highest BCUT2D eigenvalue weighted by Gasteiger charge is 2.25. The fourth-order valence-corrected chi connectivity index (χ4v) is 1.92. The first-order valence-electron chi connectivity index (χ1n) is 7.01. The second kappa shape index (κ2) is 6.04. The number of hydrogen-bond donors (Lipinski definition) is 1. The Hall–Kier alpha value is -1.59. The molecule has 0 spiro atoms. The fraction of sp³-hybridized carbons (Fsp3) is 0.769. The van der Waals surface area contributed by atoms with Crippen molar-refractivity contribution in [2.45, 2.75) is 46.1 Å². The lowest BCUT2D eigenvalue weighted by Crippen LogP contribution is -2.29. The smallest absolute Gasteiger partial charge is 0.323 e. The summed E-state index contributed by atoms with van der Waals surface area (Å²) in [6, 6.07) is 0.314. The lowest BCUT2D eigenvalue weighted by atomic mass is 10.3. The number of anilines is 2. The molecule has 0 radical (unpaired) electrons. The maximum atomic E-state index is 5.75. The summed E-state index contributed by atoms with van der Waals surface area (Å²) in [5, 5.41) is 0. The van der Waals surface area contributed by atoms with Crippen molar-refractivity contribution in [3.8, 4) is 6.01 Å². The van der Waals surface area contributed by atoms with E-state index >= 15 is 0 Å². The fourth-order valence-electron chi connectivity index (χ4n) is 1.92. The first-order chi connectivity index (χ1) is 9.08. The van der Waals surface area contributed by atoms with E-state index < -0.39 is 0 Å². The highest BCUT2D eigenvalue weighted by molar-refractivity contribution is 5.36. The molecular weight excluding hydrogens is 242 g/mol. The Bertz CT molecular complexity index is 419. The third kappa shape index (κ3) is 4.22. The quantitative estimate of drug-likeness (QED) is 0.811. The summed E-state index contributed by atoms with van der Waals surface area (Å²) < 4.78 is 5.52. The number of rotatable bonds is 7. The van der Waals surface area contributed by atoms with E-state index in [1.807, 2.05) is 13.8 Å². The minimum Gasteiger partial charge on any atom is -0.461 e. The summed E-state index contributed by atoms with van der Waals surface area (Å²) in [4.78, 5) is 14.8. The third-order valence-electron chi connectivity index (χ3n) is 2.91. The number of ether oxygens (including phenoxy) is 1. The highest BCUT2D eigenvalue weighted by atomic mass is 16.5. The first-order valence-corrected chi connectivity index (χ1v) is 7.01. The van der Waals surface area contributed by atoms with Crippen LogP contribution in [0.5, 0.6) is 6.01 Å². The van der Waals surface area contributed by atoms with Crippen molar-refractivity contribution < 1.29 is 4.74 Å². The number of nitrogens with two attached hydrogens (primary N) is 1. The van der Waals surface area contributed by atoms with E-state index in [1.54, 1.807) is 0 Å². The molecule has 0 aliphatic heterocycles. The highest BCUT2D eigenvalue weighted by Crippen LogP contribution is 2.31. The van der Waals surface area contributed by atoms with Crippen LogP contribution in [0.1, 0.15) is 40.0 Å². The molecule has 6 heteroatoms. The predicted octanol–water partition coefficient (Wildman–Crippen LogP) is 1.87. The van der Waals surface area contributed by atoms with Crippen molar-refractivity contribution in [3.05, 3.63) is 0 Å². The second-order valence-electron chi connectivity index (χ2n) is 5.33. The monoisotopic (exact) mass is 265 g/mol. The summed E-state index contributed by atoms with van der Waals surface area (Å²) in [7, 11) is 0. The summed E-state index contributed by atoms with van der Waals surface area (Å²) >= 11 is 0. The van der Waals surface area contributed by atoms with Crippen LogP contribution >= 0.6 is 0 Å². The number of nitrogens with zero attached hydrogens (tertiary/aromatic N) is 4. The maximum absolute atomic E-state index is 5.75. The van der Waals surface area contributed by atoms with Gasteiger partial charge in [0.25, 0.3) is 0 Å². The van der Waals surface area contributed by atoms with Crippen molar-refractivity contribution in [2.75, 3.05) is 23.7 Å². The van der Waals surface area contributed by atoms with E-state index in [1.165, 1.54) is 12.8 Å². The molecule has 0 amide bonds. The molecule has 1 aromatic heterocycles. The van der Waals surface area contributed by atoms with Crippen LogP contribution in [0.25, 0.3) is 0 Å². The zero-order chi connectivity index (χ0) is 13.8. The lowest BCUT2D eigenvalue weighted by molar-refractivity contribution is 0.222. The molecule has 1 heterocycles. The average molecular weight is 265 g/mol. The van der Waals surface area contributed by atoms with E-state index in [-0.39, 0.29) is 12.1 Å². The summed E-state index contributed by atoms with van der Waals surface area (Å²) in [5.74, 6) is 1.63. The van der Waals surface area contributed by atoms with E-state index in [0.29, 0.717) is 12.0 Å². The van der Waals surface area contributed by atoms with Crippen LogP contribution in [0, 0.1) is 5.92 Å². The van der Waals surface area contributed by atoms with Gasteiger partial charge in [-0.1, -0.05) is 6.92 Å². The lowest BCUT2D eigenvalue weighted by Gasteiger charge is -2.22. The van der Waals surface area contributed by atoms with Gasteiger partial charge < -0.3 is 15.4 Å². The molecule has 0 bridgehead atoms. The molecule has 1 aromatic rings. The Balaban J connectivity index is 2.16. The Morgan fingerprint density at radius 1 is 1.32 bits per heavy atom. The molecule has 0 unspecified atom stereocenters. The summed E-state index contributed by atoms with van der Waals surface area (Å²) in [6.07, 6.45) is 3.68. The first kappa shape index (κ1) is 13.8. The average Bonchev–Trinajstić information content (AvgIpc) is 3.10. The van der Waals surface area contributed by atoms with Crippen LogP contribution in [-0.4, -0.2) is 34.1 Å². The summed E-state index contributed by atoms with van der Waals surface area (Å²) in [5.41, 5.74) is 5.75. The molecule has 2 rings (SSSR count). The van der Waals surface area contributed by atoms with E-state index in [2.05, 4.69) is 26.8 Å². The molecule has 1 fully saturated rings. The van der Waals surface area contributed by atoms with Gasteiger partial charge in [0, 0.05) is 13.1 Å². The van der Waals surface area contributed by atoms with E-state index in [4.69, 9.17) is 10.5 Å². The van der Waals surface area contributed by atoms with Gasteiger partial charge in [0.2, 0.25) is 11.9 Å². The largest absolute Gasteiger partial charge is 0.461 e. The van der Waals surface area contributed by atoms with Gasteiger partial charge in [-0.05, 0) is 39.0 Å². The third-order valence-corrected chi connectivity index (χ3v) is 2.91. The van der Waals surface area contributed by atoms with Crippen LogP contribution in [0.15, 0.2) is 0 Å². The van der Waals surface area contributed by atoms with E-state index in [9.17, 15) is 0 Å². The second-order valence-corrected chi connectivity index (χ2v) is 5.33. The van der Waals surface area contributed by atoms with Crippen molar-refractivity contribution >= 4 is 11.9 Å². The molecule has 2 N–H and O–H groups in total.